The zero-order valence-electron chi connectivity index (χ0n) is 31.6. The minimum atomic E-state index is -0.152. The van der Waals surface area contributed by atoms with Crippen LogP contribution >= 0.6 is 0 Å². The summed E-state index contributed by atoms with van der Waals surface area (Å²) in [6.07, 6.45) is 1.76. The molecule has 0 spiro atoms. The van der Waals surface area contributed by atoms with Crippen LogP contribution in [0.1, 0.15) is 25.0 Å². The first-order chi connectivity index (χ1) is 28.0. The van der Waals surface area contributed by atoms with Gasteiger partial charge in [0.2, 0.25) is 0 Å². The Morgan fingerprint density at radius 3 is 1.74 bits per heavy atom. The zero-order chi connectivity index (χ0) is 37.8. The number of hydrogen-bond acceptors (Lipinski definition) is 2. The molecule has 2 aromatic heterocycles. The monoisotopic (exact) mass is 728 g/mol. The van der Waals surface area contributed by atoms with Gasteiger partial charge in [0.05, 0.1) is 6.26 Å². The summed E-state index contributed by atoms with van der Waals surface area (Å²) in [4.78, 5) is 0. The van der Waals surface area contributed by atoms with Crippen molar-refractivity contribution in [2.24, 2.45) is 0 Å². The molecule has 268 valence electrons. The first-order valence-corrected chi connectivity index (χ1v) is 19.7. The van der Waals surface area contributed by atoms with Crippen molar-refractivity contribution in [3.8, 4) is 55.6 Å². The Kier molecular flexibility index (Phi) is 6.72. The second-order valence-corrected chi connectivity index (χ2v) is 15.9. The summed E-state index contributed by atoms with van der Waals surface area (Å²) < 4.78 is 12.5. The summed E-state index contributed by atoms with van der Waals surface area (Å²) in [5.74, 6) is 0. The van der Waals surface area contributed by atoms with E-state index in [1.165, 1.54) is 93.5 Å². The highest BCUT2D eigenvalue weighted by Gasteiger charge is 2.38. The number of hydrogen-bond donors (Lipinski definition) is 0. The fourth-order valence-corrected chi connectivity index (χ4v) is 10.0. The third-order valence-corrected chi connectivity index (χ3v) is 12.6. The lowest BCUT2D eigenvalue weighted by atomic mass is 9.80. The maximum absolute atomic E-state index is 6.62. The fraction of sp³-hybridized carbons (Fsp3) is 0.0545. The highest BCUT2D eigenvalue weighted by Crippen LogP contribution is 2.54. The quantitative estimate of drug-likeness (QED) is 0.169. The molecule has 0 aliphatic heterocycles. The molecule has 12 rings (SSSR count). The normalized spacial score (nSPS) is 13.2. The molecular formula is C55H36O2. The molecule has 0 bridgehead atoms. The minimum absolute atomic E-state index is 0.152. The lowest BCUT2D eigenvalue weighted by molar-refractivity contribution is 0.616. The Morgan fingerprint density at radius 1 is 0.386 bits per heavy atom. The van der Waals surface area contributed by atoms with Crippen molar-refractivity contribution in [1.82, 2.24) is 0 Å². The van der Waals surface area contributed by atoms with Gasteiger partial charge in [0, 0.05) is 21.6 Å². The van der Waals surface area contributed by atoms with Crippen molar-refractivity contribution in [1.29, 1.82) is 0 Å². The maximum atomic E-state index is 6.62. The van der Waals surface area contributed by atoms with Gasteiger partial charge in [-0.3, -0.25) is 0 Å². The highest BCUT2D eigenvalue weighted by atomic mass is 16.3. The summed E-state index contributed by atoms with van der Waals surface area (Å²) >= 11 is 0. The van der Waals surface area contributed by atoms with E-state index in [0.717, 1.165) is 27.7 Å². The number of furan rings is 2. The maximum Gasteiger partial charge on any atom is 0.136 e. The molecule has 0 saturated carbocycles. The smallest absolute Gasteiger partial charge is 0.136 e. The molecule has 0 saturated heterocycles. The summed E-state index contributed by atoms with van der Waals surface area (Å²) in [6, 6.07) is 64.0. The average Bonchev–Trinajstić information content (AvgIpc) is 3.95. The van der Waals surface area contributed by atoms with Gasteiger partial charge in [-0.2, -0.15) is 0 Å². The summed E-state index contributed by atoms with van der Waals surface area (Å²) in [7, 11) is 0. The van der Waals surface area contributed by atoms with Crippen LogP contribution in [0.5, 0.6) is 0 Å². The van der Waals surface area contributed by atoms with Gasteiger partial charge in [0.25, 0.3) is 0 Å². The third-order valence-electron chi connectivity index (χ3n) is 12.6. The SMILES string of the molecule is CC1(C)c2ccccc2-c2ccc3oc4cccc(-c5ccc(-c6c7ccccc7c(-c7ccccc7-c7ccc8ccoc8c7)c7ccccc67)cc5)c4c3c21. The van der Waals surface area contributed by atoms with E-state index >= 15 is 0 Å². The van der Waals surface area contributed by atoms with Gasteiger partial charge in [0.15, 0.2) is 0 Å². The van der Waals surface area contributed by atoms with E-state index in [1.807, 2.05) is 6.07 Å². The third kappa shape index (κ3) is 4.59. The molecule has 2 heteroatoms. The molecule has 2 nitrogen and oxygen atoms in total. The van der Waals surface area contributed by atoms with Crippen LogP contribution in [0.25, 0.3) is 110 Å². The number of rotatable bonds is 4. The second-order valence-electron chi connectivity index (χ2n) is 15.9. The molecule has 0 amide bonds. The Labute approximate surface area is 330 Å². The first-order valence-electron chi connectivity index (χ1n) is 19.7. The van der Waals surface area contributed by atoms with E-state index in [9.17, 15) is 0 Å². The standard InChI is InChI=1S/C55H36O2/c1-55(2)46-20-10-9-13-39(46)45-28-29-48-53(54(45)55)52-38(19-11-21-47(52)57-48)33-22-25-35(26-23-33)50-41-15-5-7-17-43(41)51(44-18-8-6-16-42(44)50)40-14-4-3-12-37(40)36-27-24-34-30-31-56-49(34)32-36/h3-32H,1-2H3. The Morgan fingerprint density at radius 2 is 0.982 bits per heavy atom. The van der Waals surface area contributed by atoms with Crippen molar-refractivity contribution >= 4 is 54.5 Å². The first kappa shape index (κ1) is 32.1. The minimum Gasteiger partial charge on any atom is -0.464 e. The van der Waals surface area contributed by atoms with Gasteiger partial charge in [-0.15, -0.1) is 0 Å². The molecule has 1 aliphatic carbocycles. The average molecular weight is 729 g/mol. The molecule has 2 heterocycles. The Balaban J connectivity index is 1.04. The van der Waals surface area contributed by atoms with E-state index < -0.39 is 0 Å². The Hall–Kier alpha value is -7.16. The molecule has 9 aromatic carbocycles. The summed E-state index contributed by atoms with van der Waals surface area (Å²) in [6.45, 7) is 4.71. The van der Waals surface area contributed by atoms with Gasteiger partial charge in [-0.25, -0.2) is 0 Å². The van der Waals surface area contributed by atoms with E-state index in [4.69, 9.17) is 8.83 Å². The van der Waals surface area contributed by atoms with Gasteiger partial charge < -0.3 is 8.83 Å². The van der Waals surface area contributed by atoms with Gasteiger partial charge >= 0.3 is 0 Å². The predicted molar refractivity (Wildman–Crippen MR) is 238 cm³/mol. The van der Waals surface area contributed by atoms with Crippen LogP contribution in [0.4, 0.5) is 0 Å². The van der Waals surface area contributed by atoms with Gasteiger partial charge in [0.1, 0.15) is 16.7 Å². The largest absolute Gasteiger partial charge is 0.464 e. The van der Waals surface area contributed by atoms with Crippen molar-refractivity contribution in [2.45, 2.75) is 19.3 Å². The molecule has 0 atom stereocenters. The number of fused-ring (bicyclic) bond motifs is 10. The molecular weight excluding hydrogens is 693 g/mol. The van der Waals surface area contributed by atoms with E-state index in [1.54, 1.807) is 6.26 Å². The van der Waals surface area contributed by atoms with E-state index in [0.29, 0.717) is 0 Å². The van der Waals surface area contributed by atoms with Gasteiger partial charge in [-0.05, 0) is 113 Å². The lowest BCUT2D eigenvalue weighted by Gasteiger charge is -2.22. The molecule has 0 unspecified atom stereocenters. The summed E-state index contributed by atoms with van der Waals surface area (Å²) in [5, 5.41) is 8.44. The lowest BCUT2D eigenvalue weighted by Crippen LogP contribution is -2.15. The number of benzene rings is 9. The summed E-state index contributed by atoms with van der Waals surface area (Å²) in [5.41, 5.74) is 17.5. The molecule has 11 aromatic rings. The topological polar surface area (TPSA) is 26.3 Å². The Bertz CT molecular complexity index is 3370. The van der Waals surface area contributed by atoms with E-state index in [2.05, 4.69) is 184 Å². The van der Waals surface area contributed by atoms with Crippen molar-refractivity contribution < 1.29 is 8.83 Å². The zero-order valence-corrected chi connectivity index (χ0v) is 31.6. The van der Waals surface area contributed by atoms with Crippen molar-refractivity contribution in [3.05, 3.63) is 193 Å². The van der Waals surface area contributed by atoms with Crippen LogP contribution < -0.4 is 0 Å². The van der Waals surface area contributed by atoms with Crippen molar-refractivity contribution in [3.63, 3.8) is 0 Å². The van der Waals surface area contributed by atoms with Crippen LogP contribution in [0.15, 0.2) is 191 Å². The second kappa shape index (κ2) is 11.9. The van der Waals surface area contributed by atoms with Crippen LogP contribution in [-0.4, -0.2) is 0 Å². The molecule has 0 radical (unpaired) electrons. The van der Waals surface area contributed by atoms with Crippen LogP contribution in [0, 0.1) is 0 Å². The molecule has 0 fully saturated rings. The highest BCUT2D eigenvalue weighted by molar-refractivity contribution is 6.23. The molecule has 0 N–H and O–H groups in total. The van der Waals surface area contributed by atoms with Crippen LogP contribution in [0.3, 0.4) is 0 Å². The molecule has 57 heavy (non-hydrogen) atoms. The van der Waals surface area contributed by atoms with Crippen LogP contribution in [0.2, 0.25) is 0 Å². The fourth-order valence-electron chi connectivity index (χ4n) is 10.0. The van der Waals surface area contributed by atoms with E-state index in [-0.39, 0.29) is 5.41 Å². The van der Waals surface area contributed by atoms with Crippen LogP contribution in [-0.2, 0) is 5.41 Å². The van der Waals surface area contributed by atoms with Gasteiger partial charge in [-0.1, -0.05) is 166 Å². The van der Waals surface area contributed by atoms with Crippen molar-refractivity contribution in [2.75, 3.05) is 0 Å². The predicted octanol–water partition coefficient (Wildman–Crippen LogP) is 15.6. The molecule has 1 aliphatic rings.